The lowest BCUT2D eigenvalue weighted by atomic mass is 10.3. The second kappa shape index (κ2) is 4.82. The van der Waals surface area contributed by atoms with Gasteiger partial charge in [0, 0.05) is 5.70 Å². The Morgan fingerprint density at radius 1 is 1.70 bits per heavy atom. The average Bonchev–Trinajstić information content (AvgIpc) is 1.85. The van der Waals surface area contributed by atoms with Crippen LogP contribution in [-0.4, -0.2) is 11.2 Å². The van der Waals surface area contributed by atoms with E-state index >= 15 is 0 Å². The summed E-state index contributed by atoms with van der Waals surface area (Å²) in [5, 5.41) is 11.6. The van der Waals surface area contributed by atoms with Crippen molar-refractivity contribution in [2.24, 2.45) is 0 Å². The third kappa shape index (κ3) is 5.12. The first-order chi connectivity index (χ1) is 4.66. The van der Waals surface area contributed by atoms with Gasteiger partial charge in [0.25, 0.3) is 0 Å². The summed E-state index contributed by atoms with van der Waals surface area (Å²) in [6.45, 7) is 8.77. The summed E-state index contributed by atoms with van der Waals surface area (Å²) in [5.41, 5.74) is 0.718. The van der Waals surface area contributed by atoms with Crippen molar-refractivity contribution in [1.29, 1.82) is 0 Å². The maximum absolute atomic E-state index is 8.79. The summed E-state index contributed by atoms with van der Waals surface area (Å²) in [6.07, 6.45) is 4.45. The lowest BCUT2D eigenvalue weighted by molar-refractivity contribution is 0.244. The maximum atomic E-state index is 8.79. The van der Waals surface area contributed by atoms with E-state index < -0.39 is 6.10 Å². The minimum absolute atomic E-state index is 0.427. The summed E-state index contributed by atoms with van der Waals surface area (Å²) >= 11 is 0. The SMILES string of the molecule is C=CNC(=C)/C=C\C(C)O. The van der Waals surface area contributed by atoms with Crippen LogP contribution < -0.4 is 5.32 Å². The standard InChI is InChI=1S/C8H13NO/c1-4-9-7(2)5-6-8(3)10/h4-6,8-10H,1-2H2,3H3/b6-5-. The molecule has 2 heteroatoms. The highest BCUT2D eigenvalue weighted by Crippen LogP contribution is 1.89. The maximum Gasteiger partial charge on any atom is 0.0696 e. The molecule has 1 atom stereocenters. The second-order valence-electron chi connectivity index (χ2n) is 1.97. The van der Waals surface area contributed by atoms with E-state index in [1.54, 1.807) is 19.1 Å². The van der Waals surface area contributed by atoms with Crippen LogP contribution in [0.3, 0.4) is 0 Å². The number of aliphatic hydroxyl groups is 1. The van der Waals surface area contributed by atoms with Crippen molar-refractivity contribution in [1.82, 2.24) is 5.32 Å². The van der Waals surface area contributed by atoms with Crippen LogP contribution in [0, 0.1) is 0 Å². The van der Waals surface area contributed by atoms with Crippen molar-refractivity contribution in [2.75, 3.05) is 0 Å². The molecule has 0 saturated heterocycles. The number of hydrogen-bond donors (Lipinski definition) is 2. The van der Waals surface area contributed by atoms with Gasteiger partial charge in [-0.25, -0.2) is 0 Å². The molecular formula is C8H13NO. The third-order valence-corrected chi connectivity index (χ3v) is 0.863. The lowest BCUT2D eigenvalue weighted by Crippen LogP contribution is -2.00. The van der Waals surface area contributed by atoms with Gasteiger partial charge in [-0.2, -0.15) is 0 Å². The topological polar surface area (TPSA) is 32.3 Å². The summed E-state index contributed by atoms with van der Waals surface area (Å²) in [6, 6.07) is 0. The molecule has 10 heavy (non-hydrogen) atoms. The molecule has 0 aromatic heterocycles. The largest absolute Gasteiger partial charge is 0.389 e. The Kier molecular flexibility index (Phi) is 4.33. The van der Waals surface area contributed by atoms with E-state index in [0.29, 0.717) is 0 Å². The highest BCUT2D eigenvalue weighted by molar-refractivity contribution is 5.14. The van der Waals surface area contributed by atoms with Crippen LogP contribution in [0.5, 0.6) is 0 Å². The molecular weight excluding hydrogens is 126 g/mol. The normalized spacial score (nSPS) is 13.0. The Bertz CT molecular complexity index is 147. The quantitative estimate of drug-likeness (QED) is 0.573. The van der Waals surface area contributed by atoms with Crippen LogP contribution in [0.25, 0.3) is 0 Å². The minimum atomic E-state index is -0.427. The van der Waals surface area contributed by atoms with Crippen LogP contribution in [-0.2, 0) is 0 Å². The van der Waals surface area contributed by atoms with Crippen molar-refractivity contribution in [3.05, 3.63) is 37.2 Å². The second-order valence-corrected chi connectivity index (χ2v) is 1.97. The summed E-state index contributed by atoms with van der Waals surface area (Å²) < 4.78 is 0. The Labute approximate surface area is 61.6 Å². The van der Waals surface area contributed by atoms with Crippen LogP contribution >= 0.6 is 0 Å². The first kappa shape index (κ1) is 8.98. The molecule has 0 aromatic rings. The molecule has 0 heterocycles. The number of allylic oxidation sites excluding steroid dienone is 1. The Balaban J connectivity index is 3.66. The van der Waals surface area contributed by atoms with E-state index in [4.69, 9.17) is 5.11 Å². The molecule has 0 radical (unpaired) electrons. The van der Waals surface area contributed by atoms with Crippen LogP contribution in [0.1, 0.15) is 6.92 Å². The highest BCUT2D eigenvalue weighted by Gasteiger charge is 1.85. The molecule has 0 fully saturated rings. The zero-order valence-corrected chi connectivity index (χ0v) is 6.17. The first-order valence-electron chi connectivity index (χ1n) is 3.09. The van der Waals surface area contributed by atoms with E-state index in [2.05, 4.69) is 18.5 Å². The molecule has 0 spiro atoms. The molecule has 0 aliphatic rings. The summed E-state index contributed by atoms with van der Waals surface area (Å²) in [7, 11) is 0. The monoisotopic (exact) mass is 139 g/mol. The molecule has 0 saturated carbocycles. The zero-order valence-electron chi connectivity index (χ0n) is 6.17. The number of aliphatic hydroxyl groups excluding tert-OH is 1. The van der Waals surface area contributed by atoms with Crippen molar-refractivity contribution in [2.45, 2.75) is 13.0 Å². The molecule has 1 unspecified atom stereocenters. The van der Waals surface area contributed by atoms with Gasteiger partial charge in [-0.15, -0.1) is 0 Å². The van der Waals surface area contributed by atoms with Crippen LogP contribution in [0.15, 0.2) is 37.2 Å². The molecule has 0 aliphatic carbocycles. The fourth-order valence-corrected chi connectivity index (χ4v) is 0.435. The number of rotatable bonds is 4. The van der Waals surface area contributed by atoms with Crippen molar-refractivity contribution in [3.63, 3.8) is 0 Å². The van der Waals surface area contributed by atoms with E-state index in [0.717, 1.165) is 5.70 Å². The predicted molar refractivity (Wildman–Crippen MR) is 43.3 cm³/mol. The minimum Gasteiger partial charge on any atom is -0.389 e. The summed E-state index contributed by atoms with van der Waals surface area (Å²) in [5.74, 6) is 0. The van der Waals surface area contributed by atoms with Gasteiger partial charge in [0.1, 0.15) is 0 Å². The van der Waals surface area contributed by atoms with Crippen LogP contribution in [0.2, 0.25) is 0 Å². The van der Waals surface area contributed by atoms with Gasteiger partial charge in [0.05, 0.1) is 6.10 Å². The van der Waals surface area contributed by atoms with Crippen molar-refractivity contribution < 1.29 is 5.11 Å². The lowest BCUT2D eigenvalue weighted by Gasteiger charge is -1.97. The number of hydrogen-bond acceptors (Lipinski definition) is 2. The number of nitrogens with one attached hydrogen (secondary N) is 1. The molecule has 0 amide bonds. The molecule has 0 rings (SSSR count). The zero-order chi connectivity index (χ0) is 7.98. The average molecular weight is 139 g/mol. The smallest absolute Gasteiger partial charge is 0.0696 e. The first-order valence-corrected chi connectivity index (χ1v) is 3.09. The Morgan fingerprint density at radius 3 is 2.70 bits per heavy atom. The van der Waals surface area contributed by atoms with E-state index in [1.165, 1.54) is 6.20 Å². The predicted octanol–water partition coefficient (Wildman–Crippen LogP) is 1.17. The Morgan fingerprint density at radius 2 is 2.30 bits per heavy atom. The molecule has 2 N–H and O–H groups in total. The van der Waals surface area contributed by atoms with E-state index in [9.17, 15) is 0 Å². The molecule has 0 aromatic carbocycles. The van der Waals surface area contributed by atoms with Gasteiger partial charge in [-0.05, 0) is 19.2 Å². The van der Waals surface area contributed by atoms with E-state index in [-0.39, 0.29) is 0 Å². The fraction of sp³-hybridized carbons (Fsp3) is 0.250. The molecule has 0 bridgehead atoms. The van der Waals surface area contributed by atoms with Crippen LogP contribution in [0.4, 0.5) is 0 Å². The van der Waals surface area contributed by atoms with E-state index in [1.807, 2.05) is 0 Å². The van der Waals surface area contributed by atoms with Gasteiger partial charge >= 0.3 is 0 Å². The van der Waals surface area contributed by atoms with Crippen molar-refractivity contribution in [3.8, 4) is 0 Å². The van der Waals surface area contributed by atoms with Gasteiger partial charge in [-0.3, -0.25) is 0 Å². The van der Waals surface area contributed by atoms with Gasteiger partial charge < -0.3 is 10.4 Å². The van der Waals surface area contributed by atoms with Gasteiger partial charge in [0.2, 0.25) is 0 Å². The highest BCUT2D eigenvalue weighted by atomic mass is 16.3. The molecule has 2 nitrogen and oxygen atoms in total. The molecule has 56 valence electrons. The van der Waals surface area contributed by atoms with Gasteiger partial charge in [0.15, 0.2) is 0 Å². The van der Waals surface area contributed by atoms with Crippen molar-refractivity contribution >= 4 is 0 Å². The van der Waals surface area contributed by atoms with Gasteiger partial charge in [-0.1, -0.05) is 19.2 Å². The fourth-order valence-electron chi connectivity index (χ4n) is 0.435. The summed E-state index contributed by atoms with van der Waals surface area (Å²) in [4.78, 5) is 0. The Hall–Kier alpha value is -1.02. The molecule has 0 aliphatic heterocycles. The third-order valence-electron chi connectivity index (χ3n) is 0.863.